The number of aliphatic carboxylic acids is 2. The number of carboxylic acids is 2. The number of hydrogen-bond acceptors (Lipinski definition) is 11. The fourth-order valence-electron chi connectivity index (χ4n) is 1.69. The van der Waals surface area contributed by atoms with Crippen LogP contribution in [0.2, 0.25) is 0 Å². The maximum Gasteiger partial charge on any atom is 0.347 e. The van der Waals surface area contributed by atoms with Gasteiger partial charge in [-0.1, -0.05) is 0 Å². The molecule has 6 atom stereocenters. The van der Waals surface area contributed by atoms with Crippen molar-refractivity contribution in [1.82, 2.24) is 0 Å². The van der Waals surface area contributed by atoms with Gasteiger partial charge in [-0.05, 0) is 41.5 Å². The zero-order valence-corrected chi connectivity index (χ0v) is 17.8. The molecule has 0 saturated carbocycles. The van der Waals surface area contributed by atoms with Crippen molar-refractivity contribution < 1.29 is 62.7 Å². The largest absolute Gasteiger partial charge is 0.479 e. The van der Waals surface area contributed by atoms with Gasteiger partial charge in [0.2, 0.25) is 0 Å². The molecule has 0 aliphatic rings. The average Bonchev–Trinajstić information content (AvgIpc) is 2.66. The molecule has 0 aliphatic carbocycles. The Morgan fingerprint density at radius 1 is 0.452 bits per heavy atom. The molecule has 0 aliphatic heterocycles. The third kappa shape index (κ3) is 9.89. The van der Waals surface area contributed by atoms with E-state index in [-0.39, 0.29) is 0 Å². The molecular formula is C18H26O13. The first kappa shape index (κ1) is 27.8. The molecule has 0 unspecified atom stereocenters. The lowest BCUT2D eigenvalue weighted by Gasteiger charge is -2.21. The van der Waals surface area contributed by atoms with Crippen molar-refractivity contribution >= 4 is 35.8 Å². The van der Waals surface area contributed by atoms with Crippen LogP contribution >= 0.6 is 0 Å². The van der Waals surface area contributed by atoms with Crippen molar-refractivity contribution in [2.75, 3.05) is 0 Å². The molecule has 0 fully saturated rings. The van der Waals surface area contributed by atoms with Gasteiger partial charge in [0.1, 0.15) is 0 Å². The summed E-state index contributed by atoms with van der Waals surface area (Å²) in [5, 5.41) is 17.4. The van der Waals surface area contributed by atoms with Gasteiger partial charge in [-0.3, -0.25) is 0 Å². The van der Waals surface area contributed by atoms with Crippen LogP contribution in [0.25, 0.3) is 0 Å². The fraction of sp³-hybridized carbons (Fsp3) is 0.667. The zero-order valence-electron chi connectivity index (χ0n) is 17.8. The molecule has 0 aromatic rings. The van der Waals surface area contributed by atoms with Crippen molar-refractivity contribution in [2.45, 2.75) is 78.2 Å². The molecule has 0 amide bonds. The van der Waals surface area contributed by atoms with Crippen LogP contribution in [0.15, 0.2) is 0 Å². The Balaban J connectivity index is 4.63. The van der Waals surface area contributed by atoms with E-state index in [1.54, 1.807) is 0 Å². The van der Waals surface area contributed by atoms with Crippen molar-refractivity contribution in [3.05, 3.63) is 0 Å². The maximum absolute atomic E-state index is 12.0. The van der Waals surface area contributed by atoms with Crippen LogP contribution in [0.5, 0.6) is 0 Å². The standard InChI is InChI=1S/C18H26O13/c1-7(13(19)20)28-17(25)11(5)30-15(23)9(3)27-10(4)16(24)31-12(6)18(26)29-8(2)14(21)22/h7-12H,1-6H3,(H,19,20)(H,21,22)/t7-,8-,9-,10-,11-,12-/m0/s1. The van der Waals surface area contributed by atoms with Gasteiger partial charge in [-0.25, -0.2) is 28.8 Å². The highest BCUT2D eigenvalue weighted by molar-refractivity contribution is 5.84. The Bertz CT molecular complexity index is 643. The first-order valence-electron chi connectivity index (χ1n) is 9.10. The molecule has 176 valence electrons. The summed E-state index contributed by atoms with van der Waals surface area (Å²) >= 11 is 0. The number of carbonyl (C=O) groups is 6. The lowest BCUT2D eigenvalue weighted by Crippen LogP contribution is -2.39. The zero-order chi connectivity index (χ0) is 24.5. The maximum atomic E-state index is 12.0. The van der Waals surface area contributed by atoms with Gasteiger partial charge in [0, 0.05) is 0 Å². The summed E-state index contributed by atoms with van der Waals surface area (Å²) < 4.78 is 23.9. The van der Waals surface area contributed by atoms with Crippen LogP contribution in [0.4, 0.5) is 0 Å². The van der Waals surface area contributed by atoms with Crippen molar-refractivity contribution in [3.8, 4) is 0 Å². The van der Waals surface area contributed by atoms with Gasteiger partial charge in [0.25, 0.3) is 0 Å². The van der Waals surface area contributed by atoms with Crippen LogP contribution in [-0.2, 0) is 52.5 Å². The van der Waals surface area contributed by atoms with E-state index in [1.165, 1.54) is 13.8 Å². The highest BCUT2D eigenvalue weighted by Crippen LogP contribution is 2.08. The van der Waals surface area contributed by atoms with Gasteiger partial charge in [-0.15, -0.1) is 0 Å². The Hall–Kier alpha value is -3.22. The molecule has 0 aromatic carbocycles. The smallest absolute Gasteiger partial charge is 0.347 e. The number of carboxylic acid groups (broad SMARTS) is 2. The highest BCUT2D eigenvalue weighted by Gasteiger charge is 2.31. The molecule has 0 heterocycles. The highest BCUT2D eigenvalue weighted by atomic mass is 16.6. The number of esters is 4. The second-order valence-corrected chi connectivity index (χ2v) is 6.41. The summed E-state index contributed by atoms with van der Waals surface area (Å²) in [7, 11) is 0. The van der Waals surface area contributed by atoms with Crippen LogP contribution < -0.4 is 0 Å². The molecule has 0 aromatic heterocycles. The number of rotatable bonds is 12. The van der Waals surface area contributed by atoms with Gasteiger partial charge >= 0.3 is 35.8 Å². The summed E-state index contributed by atoms with van der Waals surface area (Å²) in [5.74, 6) is -7.04. The van der Waals surface area contributed by atoms with Crippen LogP contribution in [0.3, 0.4) is 0 Å². The van der Waals surface area contributed by atoms with Crippen LogP contribution in [0, 0.1) is 0 Å². The molecule has 0 bridgehead atoms. The van der Waals surface area contributed by atoms with Gasteiger partial charge < -0.3 is 33.9 Å². The van der Waals surface area contributed by atoms with E-state index in [4.69, 9.17) is 24.4 Å². The minimum absolute atomic E-state index is 1.05. The van der Waals surface area contributed by atoms with Gasteiger partial charge in [0.05, 0.1) is 0 Å². The van der Waals surface area contributed by atoms with Crippen molar-refractivity contribution in [1.29, 1.82) is 0 Å². The molecule has 13 nitrogen and oxygen atoms in total. The molecule has 31 heavy (non-hydrogen) atoms. The number of hydrogen-bond donors (Lipinski definition) is 2. The van der Waals surface area contributed by atoms with E-state index in [1.807, 2.05) is 0 Å². The molecule has 13 heteroatoms. The first-order valence-corrected chi connectivity index (χ1v) is 9.10. The van der Waals surface area contributed by atoms with E-state index in [0.717, 1.165) is 27.7 Å². The van der Waals surface area contributed by atoms with E-state index < -0.39 is 72.4 Å². The predicted molar refractivity (Wildman–Crippen MR) is 97.5 cm³/mol. The van der Waals surface area contributed by atoms with Crippen LogP contribution in [-0.4, -0.2) is 82.7 Å². The first-order chi connectivity index (χ1) is 14.2. The third-order valence-corrected chi connectivity index (χ3v) is 3.60. The second-order valence-electron chi connectivity index (χ2n) is 6.41. The van der Waals surface area contributed by atoms with Gasteiger partial charge in [0.15, 0.2) is 36.6 Å². The Labute approximate surface area is 177 Å². The number of carbonyl (C=O) groups excluding carboxylic acids is 4. The van der Waals surface area contributed by atoms with E-state index in [2.05, 4.69) is 9.47 Å². The molecular weight excluding hydrogens is 424 g/mol. The molecule has 2 N–H and O–H groups in total. The lowest BCUT2D eigenvalue weighted by atomic mass is 10.3. The van der Waals surface area contributed by atoms with E-state index >= 15 is 0 Å². The van der Waals surface area contributed by atoms with Crippen LogP contribution in [0.1, 0.15) is 41.5 Å². The Kier molecular flexibility index (Phi) is 11.2. The third-order valence-electron chi connectivity index (χ3n) is 3.60. The summed E-state index contributed by atoms with van der Waals surface area (Å²) in [5.41, 5.74) is 0. The van der Waals surface area contributed by atoms with Crippen molar-refractivity contribution in [3.63, 3.8) is 0 Å². The summed E-state index contributed by atoms with van der Waals surface area (Å²) in [6.07, 6.45) is -8.44. The van der Waals surface area contributed by atoms with Crippen molar-refractivity contribution in [2.24, 2.45) is 0 Å². The quantitative estimate of drug-likeness (QED) is 0.291. The Morgan fingerprint density at radius 3 is 0.935 bits per heavy atom. The van der Waals surface area contributed by atoms with E-state index in [0.29, 0.717) is 0 Å². The second kappa shape index (κ2) is 12.5. The Morgan fingerprint density at radius 2 is 0.677 bits per heavy atom. The molecule has 0 saturated heterocycles. The summed E-state index contributed by atoms with van der Waals surface area (Å²) in [6.45, 7) is 6.99. The molecule has 0 radical (unpaired) electrons. The fourth-order valence-corrected chi connectivity index (χ4v) is 1.69. The molecule has 0 spiro atoms. The SMILES string of the molecule is C[C@H](OC(=O)[C@H](C)OC(=O)[C@H](C)O[C@@H](C)C(=O)O[C@@H](C)C(=O)O[C@@H](C)C(=O)O)C(=O)O. The summed E-state index contributed by atoms with van der Waals surface area (Å²) in [4.78, 5) is 68.7. The normalized spacial score (nSPS) is 16.5. The minimum atomic E-state index is -1.44. The minimum Gasteiger partial charge on any atom is -0.479 e. The van der Waals surface area contributed by atoms with Gasteiger partial charge in [-0.2, -0.15) is 0 Å². The summed E-state index contributed by atoms with van der Waals surface area (Å²) in [6, 6.07) is 0. The number of ether oxygens (including phenoxy) is 5. The van der Waals surface area contributed by atoms with E-state index in [9.17, 15) is 28.8 Å². The average molecular weight is 450 g/mol. The lowest BCUT2D eigenvalue weighted by molar-refractivity contribution is -0.186. The monoisotopic (exact) mass is 450 g/mol. The molecule has 0 rings (SSSR count). The topological polar surface area (TPSA) is 189 Å². The predicted octanol–water partition coefficient (Wildman–Crippen LogP) is -0.324.